The molecule has 1 N–H and O–H groups in total. The first kappa shape index (κ1) is 16.9. The molecule has 0 saturated carbocycles. The molecule has 3 rings (SSSR count). The van der Waals surface area contributed by atoms with E-state index in [-0.39, 0.29) is 16.9 Å². The highest BCUT2D eigenvalue weighted by Crippen LogP contribution is 2.24. The first-order valence-corrected chi connectivity index (χ1v) is 7.85. The zero-order valence-corrected chi connectivity index (χ0v) is 14.5. The molecule has 0 atom stereocenters. The van der Waals surface area contributed by atoms with Crippen LogP contribution in [0.3, 0.4) is 0 Å². The van der Waals surface area contributed by atoms with Crippen LogP contribution in [0.4, 0.5) is 5.69 Å². The molecule has 1 aliphatic heterocycles. The number of halogens is 1. The van der Waals surface area contributed by atoms with Crippen LogP contribution in [0.5, 0.6) is 0 Å². The molecule has 128 valence electrons. The molecule has 8 nitrogen and oxygen atoms in total. The quantitative estimate of drug-likeness (QED) is 0.615. The number of furan rings is 1. The largest absolute Gasteiger partial charge is 0.450 e. The van der Waals surface area contributed by atoms with E-state index in [9.17, 15) is 19.2 Å². The summed E-state index contributed by atoms with van der Waals surface area (Å²) in [6.45, 7) is -0.527. The normalized spacial score (nSPS) is 13.0. The zero-order chi connectivity index (χ0) is 18.1. The van der Waals surface area contributed by atoms with Crippen molar-refractivity contribution in [2.24, 2.45) is 0 Å². The van der Waals surface area contributed by atoms with E-state index < -0.39 is 30.3 Å². The van der Waals surface area contributed by atoms with Crippen molar-refractivity contribution in [2.45, 2.75) is 0 Å². The predicted molar refractivity (Wildman–Crippen MR) is 88.2 cm³/mol. The second-order valence-electron chi connectivity index (χ2n) is 5.16. The zero-order valence-electron chi connectivity index (χ0n) is 12.9. The lowest BCUT2D eigenvalue weighted by Gasteiger charge is -2.06. The van der Waals surface area contributed by atoms with Gasteiger partial charge in [-0.1, -0.05) is 0 Å². The van der Waals surface area contributed by atoms with E-state index >= 15 is 0 Å². The minimum absolute atomic E-state index is 0.0376. The minimum Gasteiger partial charge on any atom is -0.450 e. The SMILES string of the molecule is CN1C(=O)c2ccc(NC(=O)COC(=O)c3ccc(Br)o3)cc2C1=O. The van der Waals surface area contributed by atoms with Gasteiger partial charge in [-0.3, -0.25) is 19.3 Å². The number of carbonyl (C=O) groups is 4. The number of imide groups is 1. The average molecular weight is 407 g/mol. The molecule has 25 heavy (non-hydrogen) atoms. The Morgan fingerprint density at radius 1 is 1.16 bits per heavy atom. The summed E-state index contributed by atoms with van der Waals surface area (Å²) in [5, 5.41) is 2.50. The number of esters is 1. The van der Waals surface area contributed by atoms with Crippen molar-refractivity contribution in [1.29, 1.82) is 0 Å². The van der Waals surface area contributed by atoms with Crippen LogP contribution in [0.2, 0.25) is 0 Å². The van der Waals surface area contributed by atoms with Crippen molar-refractivity contribution < 1.29 is 28.3 Å². The highest BCUT2D eigenvalue weighted by molar-refractivity contribution is 9.10. The van der Waals surface area contributed by atoms with Crippen LogP contribution in [0.1, 0.15) is 31.3 Å². The Morgan fingerprint density at radius 3 is 2.56 bits per heavy atom. The molecule has 1 aromatic carbocycles. The molecule has 0 spiro atoms. The standard InChI is InChI=1S/C16H11BrN2O6/c1-19-14(21)9-3-2-8(6-10(9)15(19)22)18-13(20)7-24-16(23)11-4-5-12(17)25-11/h2-6H,7H2,1H3,(H,18,20). The Hall–Kier alpha value is -2.94. The third-order valence-electron chi connectivity index (χ3n) is 3.48. The van der Waals surface area contributed by atoms with Gasteiger partial charge in [-0.25, -0.2) is 4.79 Å². The van der Waals surface area contributed by atoms with Crippen LogP contribution >= 0.6 is 15.9 Å². The van der Waals surface area contributed by atoms with E-state index in [0.29, 0.717) is 10.4 Å². The third-order valence-corrected chi connectivity index (χ3v) is 3.91. The van der Waals surface area contributed by atoms with E-state index in [2.05, 4.69) is 21.2 Å². The Balaban J connectivity index is 1.62. The van der Waals surface area contributed by atoms with Gasteiger partial charge in [0, 0.05) is 12.7 Å². The number of benzene rings is 1. The van der Waals surface area contributed by atoms with E-state index in [1.54, 1.807) is 0 Å². The minimum atomic E-state index is -0.780. The van der Waals surface area contributed by atoms with Crippen LogP contribution in [-0.2, 0) is 9.53 Å². The number of nitrogens with one attached hydrogen (secondary N) is 1. The van der Waals surface area contributed by atoms with E-state index in [1.165, 1.54) is 37.4 Å². The average Bonchev–Trinajstić information content (AvgIpc) is 3.11. The monoisotopic (exact) mass is 406 g/mol. The number of fused-ring (bicyclic) bond motifs is 1. The predicted octanol–water partition coefficient (Wildman–Crippen LogP) is 2.06. The van der Waals surface area contributed by atoms with Gasteiger partial charge in [0.2, 0.25) is 5.76 Å². The van der Waals surface area contributed by atoms with Gasteiger partial charge in [-0.05, 0) is 46.3 Å². The first-order chi connectivity index (χ1) is 11.9. The topological polar surface area (TPSA) is 106 Å². The maximum Gasteiger partial charge on any atom is 0.374 e. The van der Waals surface area contributed by atoms with Crippen molar-refractivity contribution in [3.63, 3.8) is 0 Å². The fourth-order valence-corrected chi connectivity index (χ4v) is 2.57. The maximum atomic E-state index is 11.9. The molecule has 0 saturated heterocycles. The van der Waals surface area contributed by atoms with Crippen LogP contribution in [0.25, 0.3) is 0 Å². The summed E-state index contributed by atoms with van der Waals surface area (Å²) < 4.78 is 10.2. The van der Waals surface area contributed by atoms with Crippen LogP contribution in [0, 0.1) is 0 Å². The van der Waals surface area contributed by atoms with Crippen LogP contribution in [0.15, 0.2) is 39.4 Å². The van der Waals surface area contributed by atoms with E-state index in [1.807, 2.05) is 0 Å². The summed E-state index contributed by atoms with van der Waals surface area (Å²) in [5.74, 6) is -2.24. The van der Waals surface area contributed by atoms with Gasteiger partial charge in [0.15, 0.2) is 11.3 Å². The lowest BCUT2D eigenvalue weighted by Crippen LogP contribution is -2.24. The maximum absolute atomic E-state index is 11.9. The molecular weight excluding hydrogens is 396 g/mol. The number of hydrogen-bond donors (Lipinski definition) is 1. The summed E-state index contributed by atoms with van der Waals surface area (Å²) in [7, 11) is 1.38. The number of ether oxygens (including phenoxy) is 1. The number of carbonyl (C=O) groups excluding carboxylic acids is 4. The van der Waals surface area contributed by atoms with Gasteiger partial charge in [-0.2, -0.15) is 0 Å². The molecule has 9 heteroatoms. The van der Waals surface area contributed by atoms with Gasteiger partial charge in [-0.15, -0.1) is 0 Å². The van der Waals surface area contributed by atoms with Gasteiger partial charge in [0.25, 0.3) is 17.7 Å². The lowest BCUT2D eigenvalue weighted by atomic mass is 10.1. The van der Waals surface area contributed by atoms with Gasteiger partial charge in [0.1, 0.15) is 0 Å². The molecule has 2 heterocycles. The fourth-order valence-electron chi connectivity index (χ4n) is 2.26. The summed E-state index contributed by atoms with van der Waals surface area (Å²) in [4.78, 5) is 48.3. The third kappa shape index (κ3) is 3.31. The Bertz CT molecular complexity index is 904. The smallest absolute Gasteiger partial charge is 0.374 e. The molecule has 0 unspecified atom stereocenters. The fraction of sp³-hybridized carbons (Fsp3) is 0.125. The molecule has 0 fully saturated rings. The van der Waals surface area contributed by atoms with Gasteiger partial charge >= 0.3 is 5.97 Å². The molecule has 1 aromatic heterocycles. The Labute approximate surface area is 149 Å². The van der Waals surface area contributed by atoms with Gasteiger partial charge < -0.3 is 14.5 Å². The number of hydrogen-bond acceptors (Lipinski definition) is 6. The van der Waals surface area contributed by atoms with E-state index in [0.717, 1.165) is 4.90 Å². The lowest BCUT2D eigenvalue weighted by molar-refractivity contribution is -0.119. The van der Waals surface area contributed by atoms with E-state index in [4.69, 9.17) is 9.15 Å². The number of nitrogens with zero attached hydrogens (tertiary/aromatic N) is 1. The van der Waals surface area contributed by atoms with Crippen molar-refractivity contribution in [3.8, 4) is 0 Å². The summed E-state index contributed by atoms with van der Waals surface area (Å²) in [5.41, 5.74) is 0.806. The second kappa shape index (κ2) is 6.52. The van der Waals surface area contributed by atoms with Crippen molar-refractivity contribution in [2.75, 3.05) is 19.0 Å². The van der Waals surface area contributed by atoms with Crippen LogP contribution in [-0.4, -0.2) is 42.2 Å². The molecule has 2 aromatic rings. The molecule has 0 bridgehead atoms. The second-order valence-corrected chi connectivity index (χ2v) is 5.94. The first-order valence-electron chi connectivity index (χ1n) is 7.05. The van der Waals surface area contributed by atoms with Crippen molar-refractivity contribution in [3.05, 3.63) is 51.9 Å². The molecule has 1 aliphatic rings. The molecule has 3 amide bonds. The Morgan fingerprint density at radius 2 is 1.88 bits per heavy atom. The van der Waals surface area contributed by atoms with Gasteiger partial charge in [0.05, 0.1) is 11.1 Å². The van der Waals surface area contributed by atoms with Crippen LogP contribution < -0.4 is 5.32 Å². The summed E-state index contributed by atoms with van der Waals surface area (Å²) >= 11 is 3.05. The number of anilines is 1. The molecule has 0 aliphatic carbocycles. The summed E-state index contributed by atoms with van der Waals surface area (Å²) in [6.07, 6.45) is 0. The summed E-state index contributed by atoms with van der Waals surface area (Å²) in [6, 6.07) is 7.29. The molecule has 0 radical (unpaired) electrons. The Kier molecular flexibility index (Phi) is 4.41. The highest BCUT2D eigenvalue weighted by Gasteiger charge is 2.32. The van der Waals surface area contributed by atoms with Crippen molar-refractivity contribution >= 4 is 45.3 Å². The number of rotatable bonds is 4. The van der Waals surface area contributed by atoms with Crippen molar-refractivity contribution in [1.82, 2.24) is 4.90 Å². The molecular formula is C16H11BrN2O6. The highest BCUT2D eigenvalue weighted by atomic mass is 79.9. The number of amides is 3.